The van der Waals surface area contributed by atoms with Crippen LogP contribution in [0.5, 0.6) is 5.75 Å². The quantitative estimate of drug-likeness (QED) is 0.521. The van der Waals surface area contributed by atoms with Crippen molar-refractivity contribution in [2.45, 2.75) is 6.92 Å². The van der Waals surface area contributed by atoms with Gasteiger partial charge in [-0.3, -0.25) is 0 Å². The molecule has 174 valence electrons. The maximum absolute atomic E-state index is 12.7. The normalized spacial score (nSPS) is 13.8. The molecule has 0 aliphatic carbocycles. The Kier molecular flexibility index (Phi) is 6.70. The van der Waals surface area contributed by atoms with Crippen LogP contribution in [-0.4, -0.2) is 66.8 Å². The summed E-state index contributed by atoms with van der Waals surface area (Å²) in [6, 6.07) is 4.84. The fourth-order valence-electron chi connectivity index (χ4n) is 3.60. The Bertz CT molecular complexity index is 1190. The number of aromatic nitrogens is 2. The van der Waals surface area contributed by atoms with Crippen molar-refractivity contribution in [1.82, 2.24) is 14.9 Å². The molecule has 1 saturated heterocycles. The molecule has 0 spiro atoms. The number of esters is 1. The van der Waals surface area contributed by atoms with Gasteiger partial charge < -0.3 is 30.3 Å². The van der Waals surface area contributed by atoms with Crippen molar-refractivity contribution in [3.8, 4) is 5.75 Å². The van der Waals surface area contributed by atoms with Crippen LogP contribution in [-0.2, 0) is 4.74 Å². The van der Waals surface area contributed by atoms with Crippen molar-refractivity contribution < 1.29 is 19.1 Å². The van der Waals surface area contributed by atoms with E-state index in [1.165, 1.54) is 18.4 Å². The molecule has 0 radical (unpaired) electrons. The molecule has 2 aromatic heterocycles. The molecule has 1 aromatic carbocycles. The van der Waals surface area contributed by atoms with Crippen LogP contribution in [0, 0.1) is 0 Å². The number of piperazine rings is 1. The van der Waals surface area contributed by atoms with Crippen LogP contribution in [0.4, 0.5) is 22.2 Å². The van der Waals surface area contributed by atoms with Crippen LogP contribution >= 0.6 is 22.9 Å². The lowest BCUT2D eigenvalue weighted by molar-refractivity contribution is 0.0529. The zero-order chi connectivity index (χ0) is 23.5. The summed E-state index contributed by atoms with van der Waals surface area (Å²) in [5.41, 5.74) is 6.92. The van der Waals surface area contributed by atoms with Gasteiger partial charge in [-0.1, -0.05) is 11.6 Å². The molecule has 0 bridgehead atoms. The third-order valence-corrected chi connectivity index (χ3v) is 6.36. The summed E-state index contributed by atoms with van der Waals surface area (Å²) < 4.78 is 10.3. The molecule has 3 N–H and O–H groups in total. The SMILES string of the molecule is CCOC(=O)c1csc2nc(N)nc(N3CCN(C(=O)Nc4ccc(OC)c(Cl)c4)CC3)c12. The number of carbonyl (C=O) groups excluding carboxylic acids is 2. The summed E-state index contributed by atoms with van der Waals surface area (Å²) in [6.07, 6.45) is 0. The summed E-state index contributed by atoms with van der Waals surface area (Å²) in [7, 11) is 1.53. The number of amides is 2. The van der Waals surface area contributed by atoms with Crippen LogP contribution in [0.15, 0.2) is 23.6 Å². The fraction of sp³-hybridized carbons (Fsp3) is 0.333. The largest absolute Gasteiger partial charge is 0.495 e. The number of benzene rings is 1. The number of hydrogen-bond acceptors (Lipinski definition) is 9. The van der Waals surface area contributed by atoms with Gasteiger partial charge in [-0.15, -0.1) is 11.3 Å². The topological polar surface area (TPSA) is 123 Å². The highest BCUT2D eigenvalue weighted by atomic mass is 35.5. The second kappa shape index (κ2) is 9.67. The van der Waals surface area contributed by atoms with E-state index in [4.69, 9.17) is 26.8 Å². The molecular weight excluding hydrogens is 468 g/mol. The molecule has 10 nitrogen and oxygen atoms in total. The zero-order valence-corrected chi connectivity index (χ0v) is 19.7. The average molecular weight is 491 g/mol. The molecule has 0 atom stereocenters. The van der Waals surface area contributed by atoms with Crippen molar-refractivity contribution in [3.63, 3.8) is 0 Å². The summed E-state index contributed by atoms with van der Waals surface area (Å²) in [5.74, 6) is 0.819. The molecule has 1 aliphatic heterocycles. The number of hydrogen-bond donors (Lipinski definition) is 2. The number of thiophene rings is 1. The number of rotatable bonds is 5. The van der Waals surface area contributed by atoms with Gasteiger partial charge in [0.25, 0.3) is 0 Å². The number of anilines is 3. The summed E-state index contributed by atoms with van der Waals surface area (Å²) in [6.45, 7) is 3.97. The van der Waals surface area contributed by atoms with Gasteiger partial charge >= 0.3 is 12.0 Å². The van der Waals surface area contributed by atoms with E-state index >= 15 is 0 Å². The van der Waals surface area contributed by atoms with E-state index in [2.05, 4.69) is 15.3 Å². The van der Waals surface area contributed by atoms with Gasteiger partial charge in [0.05, 0.1) is 29.7 Å². The Morgan fingerprint density at radius 2 is 2.00 bits per heavy atom. The Morgan fingerprint density at radius 1 is 1.24 bits per heavy atom. The monoisotopic (exact) mass is 490 g/mol. The molecule has 3 heterocycles. The first kappa shape index (κ1) is 22.9. The Labute approximate surface area is 199 Å². The predicted octanol–water partition coefficient (Wildman–Crippen LogP) is 3.47. The van der Waals surface area contributed by atoms with Crippen molar-refractivity contribution in [1.29, 1.82) is 0 Å². The van der Waals surface area contributed by atoms with E-state index < -0.39 is 5.97 Å². The predicted molar refractivity (Wildman–Crippen MR) is 129 cm³/mol. The zero-order valence-electron chi connectivity index (χ0n) is 18.1. The van der Waals surface area contributed by atoms with Crippen molar-refractivity contribution in [2.24, 2.45) is 0 Å². The third kappa shape index (κ3) is 4.74. The van der Waals surface area contributed by atoms with Crippen LogP contribution in [0.3, 0.4) is 0 Å². The minimum Gasteiger partial charge on any atom is -0.495 e. The Hall–Kier alpha value is -3.31. The highest BCUT2D eigenvalue weighted by Gasteiger charge is 2.27. The number of nitrogen functional groups attached to an aromatic ring is 1. The maximum atomic E-state index is 12.7. The van der Waals surface area contributed by atoms with E-state index in [0.29, 0.717) is 64.2 Å². The van der Waals surface area contributed by atoms with Gasteiger partial charge in [0, 0.05) is 37.2 Å². The van der Waals surface area contributed by atoms with Gasteiger partial charge in [-0.05, 0) is 25.1 Å². The number of nitrogens with two attached hydrogens (primary N) is 1. The van der Waals surface area contributed by atoms with Gasteiger partial charge in [-0.25, -0.2) is 14.6 Å². The average Bonchev–Trinajstić information content (AvgIpc) is 3.23. The lowest BCUT2D eigenvalue weighted by Gasteiger charge is -2.35. The molecule has 1 fully saturated rings. The van der Waals surface area contributed by atoms with Gasteiger partial charge in [0.2, 0.25) is 5.95 Å². The van der Waals surface area contributed by atoms with E-state index in [1.54, 1.807) is 35.4 Å². The molecule has 12 heteroatoms. The van der Waals surface area contributed by atoms with E-state index in [0.717, 1.165) is 0 Å². The molecule has 4 rings (SSSR count). The van der Waals surface area contributed by atoms with Crippen LogP contribution in [0.2, 0.25) is 5.02 Å². The number of methoxy groups -OCH3 is 1. The van der Waals surface area contributed by atoms with Gasteiger partial charge in [0.1, 0.15) is 16.4 Å². The van der Waals surface area contributed by atoms with Crippen LogP contribution in [0.1, 0.15) is 17.3 Å². The van der Waals surface area contributed by atoms with Crippen LogP contribution < -0.4 is 20.7 Å². The van der Waals surface area contributed by atoms with Gasteiger partial charge in [-0.2, -0.15) is 4.98 Å². The molecular formula is C21H23ClN6O4S. The fourth-order valence-corrected chi connectivity index (χ4v) is 4.76. The summed E-state index contributed by atoms with van der Waals surface area (Å²) in [5, 5.41) is 5.61. The highest BCUT2D eigenvalue weighted by Crippen LogP contribution is 2.34. The number of nitrogens with zero attached hydrogens (tertiary/aromatic N) is 4. The smallest absolute Gasteiger partial charge is 0.339 e. The number of carbonyl (C=O) groups is 2. The first-order valence-electron chi connectivity index (χ1n) is 10.3. The highest BCUT2D eigenvalue weighted by molar-refractivity contribution is 7.17. The summed E-state index contributed by atoms with van der Waals surface area (Å²) in [4.78, 5) is 38.2. The number of urea groups is 1. The minimum atomic E-state index is -0.422. The molecule has 1 aliphatic rings. The number of nitrogens with one attached hydrogen (secondary N) is 1. The third-order valence-electron chi connectivity index (χ3n) is 5.20. The first-order valence-corrected chi connectivity index (χ1v) is 11.5. The second-order valence-corrected chi connectivity index (χ2v) is 8.47. The standard InChI is InChI=1S/C21H23ClN6O4S/c1-3-32-19(29)13-11-33-18-16(13)17(25-20(23)26-18)27-6-8-28(9-7-27)21(30)24-12-4-5-15(31-2)14(22)10-12/h4-5,10-11H,3,6-9H2,1-2H3,(H,24,30)(H2,23,25,26). The Balaban J connectivity index is 1.48. The van der Waals surface area contributed by atoms with E-state index in [9.17, 15) is 9.59 Å². The maximum Gasteiger partial charge on any atom is 0.339 e. The van der Waals surface area contributed by atoms with E-state index in [1.807, 2.05) is 4.90 Å². The Morgan fingerprint density at radius 3 is 2.67 bits per heavy atom. The second-order valence-electron chi connectivity index (χ2n) is 7.21. The lowest BCUT2D eigenvalue weighted by Crippen LogP contribution is -2.50. The molecule has 3 aromatic rings. The lowest BCUT2D eigenvalue weighted by atomic mass is 10.2. The first-order chi connectivity index (χ1) is 15.9. The van der Waals surface area contributed by atoms with Crippen LogP contribution in [0.25, 0.3) is 10.2 Å². The number of halogens is 1. The molecule has 0 unspecified atom stereocenters. The van der Waals surface area contributed by atoms with Crippen molar-refractivity contribution >= 4 is 62.6 Å². The summed E-state index contributed by atoms with van der Waals surface area (Å²) >= 11 is 7.46. The molecule has 33 heavy (non-hydrogen) atoms. The number of ether oxygens (including phenoxy) is 2. The van der Waals surface area contributed by atoms with Gasteiger partial charge in [0.15, 0.2) is 0 Å². The van der Waals surface area contributed by atoms with Crippen molar-refractivity contribution in [3.05, 3.63) is 34.2 Å². The molecule has 0 saturated carbocycles. The van der Waals surface area contributed by atoms with Crippen molar-refractivity contribution in [2.75, 3.05) is 55.8 Å². The number of fused-ring (bicyclic) bond motifs is 1. The molecule has 2 amide bonds. The minimum absolute atomic E-state index is 0.131. The van der Waals surface area contributed by atoms with E-state index in [-0.39, 0.29) is 18.6 Å².